The summed E-state index contributed by atoms with van der Waals surface area (Å²) in [6.07, 6.45) is -14.7. The van der Waals surface area contributed by atoms with Gasteiger partial charge in [-0.1, -0.05) is 0 Å². The van der Waals surface area contributed by atoms with Crippen LogP contribution in [-0.4, -0.2) is 121 Å². The van der Waals surface area contributed by atoms with E-state index >= 15 is 0 Å². The summed E-state index contributed by atoms with van der Waals surface area (Å²) in [5.74, 6) is 0. The van der Waals surface area contributed by atoms with Gasteiger partial charge < -0.3 is 55.4 Å². The van der Waals surface area contributed by atoms with Gasteiger partial charge in [0.2, 0.25) is 0 Å². The van der Waals surface area contributed by atoms with Crippen molar-refractivity contribution in [2.45, 2.75) is 55.1 Å². The van der Waals surface area contributed by atoms with Crippen LogP contribution in [0.5, 0.6) is 0 Å². The highest BCUT2D eigenvalue weighted by atomic mass is 16.7. The molecule has 0 bridgehead atoms. The van der Waals surface area contributed by atoms with Crippen molar-refractivity contribution >= 4 is 0 Å². The molecule has 9 atom stereocenters. The molecule has 0 aliphatic carbocycles. The van der Waals surface area contributed by atoms with Crippen molar-refractivity contribution in [1.82, 2.24) is 0 Å². The molecule has 1 rings (SSSR count). The molecule has 0 aromatic heterocycles. The Morgan fingerprint density at radius 2 is 1.39 bits per heavy atom. The molecule has 0 aromatic rings. The minimum absolute atomic E-state index is 0.655. The van der Waals surface area contributed by atoms with Crippen LogP contribution in [0.25, 0.3) is 0 Å². The molecule has 0 amide bonds. The minimum atomic E-state index is -1.86. The van der Waals surface area contributed by atoms with Crippen molar-refractivity contribution in [3.63, 3.8) is 0 Å². The van der Waals surface area contributed by atoms with E-state index in [0.717, 1.165) is 0 Å². The lowest BCUT2D eigenvalue weighted by Crippen LogP contribution is -2.59. The van der Waals surface area contributed by atoms with Crippen LogP contribution in [0, 0.1) is 0 Å². The second-order valence-electron chi connectivity index (χ2n) is 5.33. The third-order valence-electron chi connectivity index (χ3n) is 3.61. The first-order valence-corrected chi connectivity index (χ1v) is 6.99. The summed E-state index contributed by atoms with van der Waals surface area (Å²) in [6.45, 7) is -2.16. The van der Waals surface area contributed by atoms with Crippen LogP contribution in [-0.2, 0) is 9.47 Å². The summed E-state index contributed by atoms with van der Waals surface area (Å²) in [5.41, 5.74) is 0. The Morgan fingerprint density at radius 3 is 1.91 bits per heavy atom. The number of aliphatic hydroxyl groups is 9. The van der Waals surface area contributed by atoms with Gasteiger partial charge in [0.1, 0.15) is 48.8 Å². The van der Waals surface area contributed by atoms with Gasteiger partial charge >= 0.3 is 0 Å². The minimum Gasteiger partial charge on any atom is -0.394 e. The SMILES string of the molecule is OC[C@@H](O)[C@@H](O)[C@H](O)[C@H](O)CO[C@H]1O[C@H](CO)[C@@H](O)[C@H](O)[C@@H]1O. The van der Waals surface area contributed by atoms with Gasteiger partial charge in [-0.2, -0.15) is 0 Å². The number of aliphatic hydroxyl groups excluding tert-OH is 9. The lowest BCUT2D eigenvalue weighted by molar-refractivity contribution is -0.306. The molecule has 0 radical (unpaired) electrons. The molecule has 138 valence electrons. The van der Waals surface area contributed by atoms with Gasteiger partial charge in [0.25, 0.3) is 0 Å². The topological polar surface area (TPSA) is 201 Å². The smallest absolute Gasteiger partial charge is 0.186 e. The second-order valence-corrected chi connectivity index (χ2v) is 5.33. The molecule has 23 heavy (non-hydrogen) atoms. The molecular weight excluding hydrogens is 320 g/mol. The van der Waals surface area contributed by atoms with Crippen LogP contribution < -0.4 is 0 Å². The number of hydrogen-bond donors (Lipinski definition) is 9. The van der Waals surface area contributed by atoms with E-state index < -0.39 is 74.9 Å². The van der Waals surface area contributed by atoms with Crippen molar-refractivity contribution in [2.24, 2.45) is 0 Å². The number of hydrogen-bond acceptors (Lipinski definition) is 11. The molecule has 9 N–H and O–H groups in total. The Labute approximate surface area is 131 Å². The van der Waals surface area contributed by atoms with Crippen LogP contribution in [0.3, 0.4) is 0 Å². The van der Waals surface area contributed by atoms with E-state index in [4.69, 9.17) is 19.7 Å². The van der Waals surface area contributed by atoms with Crippen molar-refractivity contribution in [2.75, 3.05) is 19.8 Å². The average molecular weight is 344 g/mol. The summed E-state index contributed by atoms with van der Waals surface area (Å²) in [5, 5.41) is 84.4. The maximum atomic E-state index is 9.70. The van der Waals surface area contributed by atoms with Crippen molar-refractivity contribution in [3.05, 3.63) is 0 Å². The maximum absolute atomic E-state index is 9.70. The van der Waals surface area contributed by atoms with Crippen LogP contribution in [0.1, 0.15) is 0 Å². The summed E-state index contributed by atoms with van der Waals surface area (Å²) in [7, 11) is 0. The molecule has 0 saturated carbocycles. The number of rotatable bonds is 8. The molecule has 1 aliphatic heterocycles. The Balaban J connectivity index is 2.55. The number of ether oxygens (including phenoxy) is 2. The fourth-order valence-electron chi connectivity index (χ4n) is 2.06. The fourth-order valence-corrected chi connectivity index (χ4v) is 2.06. The molecule has 0 spiro atoms. The predicted octanol–water partition coefficient (Wildman–Crippen LogP) is -5.76. The van der Waals surface area contributed by atoms with Gasteiger partial charge in [-0.3, -0.25) is 0 Å². The van der Waals surface area contributed by atoms with E-state index in [9.17, 15) is 35.7 Å². The third-order valence-corrected chi connectivity index (χ3v) is 3.61. The molecule has 0 unspecified atom stereocenters. The molecular formula is C12H24O11. The molecule has 11 heteroatoms. The van der Waals surface area contributed by atoms with E-state index in [2.05, 4.69) is 0 Å². The maximum Gasteiger partial charge on any atom is 0.186 e. The predicted molar refractivity (Wildman–Crippen MR) is 70.8 cm³/mol. The molecule has 1 aliphatic rings. The molecule has 1 saturated heterocycles. The fraction of sp³-hybridized carbons (Fsp3) is 1.00. The lowest BCUT2D eigenvalue weighted by atomic mass is 9.99. The highest BCUT2D eigenvalue weighted by Crippen LogP contribution is 2.22. The molecule has 1 heterocycles. The van der Waals surface area contributed by atoms with Gasteiger partial charge in [-0.05, 0) is 0 Å². The van der Waals surface area contributed by atoms with E-state index in [1.54, 1.807) is 0 Å². The van der Waals surface area contributed by atoms with Crippen LogP contribution in [0.4, 0.5) is 0 Å². The zero-order valence-electron chi connectivity index (χ0n) is 12.2. The van der Waals surface area contributed by atoms with Crippen LogP contribution >= 0.6 is 0 Å². The largest absolute Gasteiger partial charge is 0.394 e. The van der Waals surface area contributed by atoms with E-state index in [1.807, 2.05) is 0 Å². The summed E-state index contributed by atoms with van der Waals surface area (Å²) in [4.78, 5) is 0. The standard InChI is InChI=1S/C12H24O11/c13-1-4(15)7(17)8(18)5(16)3-22-12-11(21)10(20)9(19)6(2-14)23-12/h4-21H,1-3H2/t4-,5-,6-,7-,8-,9-,10+,11+,12+/m1/s1. The van der Waals surface area contributed by atoms with Crippen molar-refractivity contribution < 1.29 is 55.4 Å². The average Bonchev–Trinajstić information content (AvgIpc) is 2.56. The molecule has 1 fully saturated rings. The highest BCUT2D eigenvalue weighted by molar-refractivity contribution is 4.89. The van der Waals surface area contributed by atoms with Gasteiger partial charge in [-0.15, -0.1) is 0 Å². The normalized spacial score (nSPS) is 37.2. The van der Waals surface area contributed by atoms with Crippen LogP contribution in [0.2, 0.25) is 0 Å². The molecule has 11 nitrogen and oxygen atoms in total. The lowest BCUT2D eigenvalue weighted by Gasteiger charge is -2.40. The highest BCUT2D eigenvalue weighted by Gasteiger charge is 2.44. The zero-order chi connectivity index (χ0) is 17.7. The quantitative estimate of drug-likeness (QED) is 0.203. The van der Waals surface area contributed by atoms with E-state index in [1.165, 1.54) is 0 Å². The first kappa shape index (κ1) is 20.6. The van der Waals surface area contributed by atoms with Crippen molar-refractivity contribution in [3.8, 4) is 0 Å². The first-order valence-electron chi connectivity index (χ1n) is 6.99. The Morgan fingerprint density at radius 1 is 0.826 bits per heavy atom. The summed E-state index contributed by atoms with van der Waals surface area (Å²) < 4.78 is 9.99. The zero-order valence-corrected chi connectivity index (χ0v) is 12.2. The summed E-state index contributed by atoms with van der Waals surface area (Å²) in [6, 6.07) is 0. The Kier molecular flexibility index (Phi) is 8.20. The Hall–Kier alpha value is -0.440. The first-order chi connectivity index (χ1) is 10.7. The van der Waals surface area contributed by atoms with Crippen LogP contribution in [0.15, 0.2) is 0 Å². The monoisotopic (exact) mass is 344 g/mol. The summed E-state index contributed by atoms with van der Waals surface area (Å²) >= 11 is 0. The van der Waals surface area contributed by atoms with E-state index in [0.29, 0.717) is 0 Å². The van der Waals surface area contributed by atoms with Gasteiger partial charge in [0.05, 0.1) is 19.8 Å². The third kappa shape index (κ3) is 5.01. The van der Waals surface area contributed by atoms with Crippen molar-refractivity contribution in [1.29, 1.82) is 0 Å². The van der Waals surface area contributed by atoms with Gasteiger partial charge in [0, 0.05) is 0 Å². The van der Waals surface area contributed by atoms with E-state index in [-0.39, 0.29) is 0 Å². The molecule has 0 aromatic carbocycles. The van der Waals surface area contributed by atoms with Gasteiger partial charge in [0.15, 0.2) is 6.29 Å². The Bertz CT molecular complexity index is 341. The van der Waals surface area contributed by atoms with Gasteiger partial charge in [-0.25, -0.2) is 0 Å². The second kappa shape index (κ2) is 9.15.